The van der Waals surface area contributed by atoms with E-state index in [1.165, 1.54) is 6.92 Å². The molecule has 1 aliphatic carbocycles. The van der Waals surface area contributed by atoms with E-state index in [9.17, 15) is 61.2 Å². The fraction of sp³-hybridized carbons (Fsp3) is 0.296. The van der Waals surface area contributed by atoms with E-state index in [0.29, 0.717) is 0 Å². The Balaban J connectivity index is 1.82. The van der Waals surface area contributed by atoms with E-state index in [1.54, 1.807) is 0 Å². The van der Waals surface area contributed by atoms with Crippen molar-refractivity contribution in [3.8, 4) is 17.2 Å². The molecule has 1 aliphatic heterocycles. The maximum absolute atomic E-state index is 13.3. The zero-order valence-electron chi connectivity index (χ0n) is 21.3. The lowest BCUT2D eigenvalue weighted by molar-refractivity contribution is -0.143. The number of benzene rings is 2. The van der Waals surface area contributed by atoms with E-state index in [4.69, 9.17) is 4.74 Å². The molecular weight excluding hydrogens is 566 g/mol. The predicted octanol–water partition coefficient (Wildman–Crippen LogP) is 5.27. The number of hydrogen-bond acceptors (Lipinski definition) is 8. The third kappa shape index (κ3) is 4.61. The molecule has 0 saturated carbocycles. The number of ketones is 3. The first kappa shape index (κ1) is 29.6. The van der Waals surface area contributed by atoms with E-state index < -0.39 is 98.5 Å². The van der Waals surface area contributed by atoms with Gasteiger partial charge in [0, 0.05) is 18.1 Å². The van der Waals surface area contributed by atoms with Crippen molar-refractivity contribution in [1.82, 2.24) is 0 Å². The van der Waals surface area contributed by atoms with Gasteiger partial charge in [0.15, 0.2) is 17.3 Å². The van der Waals surface area contributed by atoms with Gasteiger partial charge in [0.1, 0.15) is 45.3 Å². The largest absolute Gasteiger partial charge is 0.507 e. The van der Waals surface area contributed by atoms with E-state index in [2.05, 4.69) is 0 Å². The number of aliphatic hydroxyl groups excluding tert-OH is 2. The Morgan fingerprint density at radius 3 is 2.00 bits per heavy atom. The van der Waals surface area contributed by atoms with Crippen LogP contribution in [0.2, 0.25) is 0 Å². The first-order chi connectivity index (χ1) is 18.7. The van der Waals surface area contributed by atoms with E-state index in [-0.39, 0.29) is 35.1 Å². The van der Waals surface area contributed by atoms with Crippen molar-refractivity contribution >= 4 is 17.3 Å². The Hall–Kier alpha value is -4.33. The highest BCUT2D eigenvalue weighted by molar-refractivity contribution is 6.26. The SMILES string of the molecule is CC(=O)C1=C(O)C=C2Oc3c(C(=O)CC(O)c4cc(C(F)(F)F)cc(C(F)(F)F)c4)c(O)c(C)c(O)c3[C@]2(C)C1=O. The Morgan fingerprint density at radius 1 is 0.976 bits per heavy atom. The number of fused-ring (bicyclic) bond motifs is 3. The zero-order chi connectivity index (χ0) is 31.0. The molecule has 0 bridgehead atoms. The van der Waals surface area contributed by atoms with Crippen molar-refractivity contribution < 1.29 is 65.9 Å². The summed E-state index contributed by atoms with van der Waals surface area (Å²) < 4.78 is 85.2. The smallest absolute Gasteiger partial charge is 0.416 e. The number of carbonyl (C=O) groups is 3. The van der Waals surface area contributed by atoms with E-state index >= 15 is 0 Å². The monoisotopic (exact) mass is 586 g/mol. The van der Waals surface area contributed by atoms with Gasteiger partial charge >= 0.3 is 12.4 Å². The van der Waals surface area contributed by atoms with Gasteiger partial charge in [0.05, 0.1) is 22.8 Å². The fourth-order valence-corrected chi connectivity index (χ4v) is 4.86. The minimum Gasteiger partial charge on any atom is -0.507 e. The standard InChI is InChI=1S/C27H20F6O8/c1-9-21(38)19(15(36)7-14(35)11-4-12(26(28,29)30)6-13(5-11)27(31,32)33)23-20(22(9)39)25(3)17(41-23)8-16(37)18(10(2)34)24(25)40/h4-6,8,14,35,37-39H,7H2,1-3H3/t14?,25-/m1/s1. The quantitative estimate of drug-likeness (QED) is 0.211. The van der Waals surface area contributed by atoms with Gasteiger partial charge in [0.2, 0.25) is 0 Å². The molecule has 41 heavy (non-hydrogen) atoms. The maximum Gasteiger partial charge on any atom is 0.416 e. The topological polar surface area (TPSA) is 141 Å². The zero-order valence-corrected chi connectivity index (χ0v) is 21.3. The summed E-state index contributed by atoms with van der Waals surface area (Å²) in [5.74, 6) is -6.42. The molecule has 0 spiro atoms. The first-order valence-electron chi connectivity index (χ1n) is 11.7. The van der Waals surface area contributed by atoms with Gasteiger partial charge in [-0.05, 0) is 44.5 Å². The van der Waals surface area contributed by atoms with Crippen LogP contribution in [0.25, 0.3) is 0 Å². The molecular formula is C27H20F6O8. The van der Waals surface area contributed by atoms with Crippen molar-refractivity contribution in [2.75, 3.05) is 0 Å². The van der Waals surface area contributed by atoms with Crippen LogP contribution in [-0.2, 0) is 27.4 Å². The summed E-state index contributed by atoms with van der Waals surface area (Å²) >= 11 is 0. The minimum absolute atomic E-state index is 0.153. The lowest BCUT2D eigenvalue weighted by Crippen LogP contribution is -2.38. The summed E-state index contributed by atoms with van der Waals surface area (Å²) in [5, 5.41) is 42.3. The Kier molecular flexibility index (Phi) is 6.77. The van der Waals surface area contributed by atoms with Gasteiger partial charge in [-0.3, -0.25) is 14.4 Å². The fourth-order valence-electron chi connectivity index (χ4n) is 4.86. The second kappa shape index (κ2) is 9.36. The van der Waals surface area contributed by atoms with Crippen LogP contribution in [0.5, 0.6) is 17.2 Å². The Morgan fingerprint density at radius 2 is 1.51 bits per heavy atom. The van der Waals surface area contributed by atoms with Crippen LogP contribution in [0.3, 0.4) is 0 Å². The lowest BCUT2D eigenvalue weighted by atomic mass is 9.70. The minimum atomic E-state index is -5.22. The third-order valence-corrected chi connectivity index (χ3v) is 7.05. The molecule has 2 aromatic carbocycles. The van der Waals surface area contributed by atoms with Crippen LogP contribution in [0, 0.1) is 6.92 Å². The molecule has 8 nitrogen and oxygen atoms in total. The molecule has 1 unspecified atom stereocenters. The summed E-state index contributed by atoms with van der Waals surface area (Å²) in [6, 6.07) is 0.333. The first-order valence-corrected chi connectivity index (χ1v) is 11.7. The lowest BCUT2D eigenvalue weighted by Gasteiger charge is -2.28. The van der Waals surface area contributed by atoms with Gasteiger partial charge < -0.3 is 25.2 Å². The van der Waals surface area contributed by atoms with Crippen LogP contribution in [-0.4, -0.2) is 37.8 Å². The number of rotatable bonds is 5. The number of alkyl halides is 6. The average molecular weight is 586 g/mol. The normalized spacial score (nSPS) is 19.4. The molecule has 0 radical (unpaired) electrons. The molecule has 2 atom stereocenters. The van der Waals surface area contributed by atoms with Gasteiger partial charge in [-0.1, -0.05) is 0 Å². The molecule has 2 aliphatic rings. The molecule has 0 amide bonds. The van der Waals surface area contributed by atoms with Gasteiger partial charge in [0.25, 0.3) is 0 Å². The molecule has 4 N–H and O–H groups in total. The summed E-state index contributed by atoms with van der Waals surface area (Å²) in [6.07, 6.45) is -12.9. The number of allylic oxidation sites excluding steroid dienone is 3. The number of aromatic hydroxyl groups is 2. The molecule has 2 aromatic rings. The molecule has 1 heterocycles. The van der Waals surface area contributed by atoms with Crippen molar-refractivity contribution in [3.05, 3.63) is 74.7 Å². The number of halogens is 6. The van der Waals surface area contributed by atoms with Gasteiger partial charge in [-0.25, -0.2) is 0 Å². The Bertz CT molecular complexity index is 1570. The van der Waals surface area contributed by atoms with Gasteiger partial charge in [-0.15, -0.1) is 0 Å². The van der Waals surface area contributed by atoms with Crippen LogP contribution < -0.4 is 4.74 Å². The maximum atomic E-state index is 13.3. The highest BCUT2D eigenvalue weighted by Crippen LogP contribution is 2.58. The number of phenols is 2. The van der Waals surface area contributed by atoms with Crippen LogP contribution >= 0.6 is 0 Å². The molecule has 14 heteroatoms. The Labute approximate surface area is 226 Å². The molecule has 4 rings (SSSR count). The van der Waals surface area contributed by atoms with E-state index in [0.717, 1.165) is 19.9 Å². The number of ether oxygens (including phenoxy) is 1. The van der Waals surface area contributed by atoms with Crippen molar-refractivity contribution in [2.45, 2.75) is 51.1 Å². The highest BCUT2D eigenvalue weighted by atomic mass is 19.4. The number of carbonyl (C=O) groups excluding carboxylic acids is 3. The number of Topliss-reactive ketones (excluding diaryl/α,β-unsaturated/α-hetero) is 3. The van der Waals surface area contributed by atoms with Gasteiger partial charge in [-0.2, -0.15) is 26.3 Å². The summed E-state index contributed by atoms with van der Waals surface area (Å²) in [6.45, 7) is 3.35. The number of aliphatic hydroxyl groups is 2. The molecule has 0 saturated heterocycles. The summed E-state index contributed by atoms with van der Waals surface area (Å²) in [4.78, 5) is 38.7. The molecule has 0 fully saturated rings. The van der Waals surface area contributed by atoms with Crippen LogP contribution in [0.4, 0.5) is 26.3 Å². The molecule has 0 aromatic heterocycles. The second-order valence-corrected chi connectivity index (χ2v) is 9.76. The predicted molar refractivity (Wildman–Crippen MR) is 126 cm³/mol. The van der Waals surface area contributed by atoms with E-state index in [1.807, 2.05) is 0 Å². The van der Waals surface area contributed by atoms with Crippen molar-refractivity contribution in [3.63, 3.8) is 0 Å². The third-order valence-electron chi connectivity index (χ3n) is 7.05. The van der Waals surface area contributed by atoms with Crippen molar-refractivity contribution in [2.24, 2.45) is 0 Å². The van der Waals surface area contributed by atoms with Crippen LogP contribution in [0.1, 0.15) is 64.5 Å². The molecule has 218 valence electrons. The number of phenolic OH excluding ortho intramolecular Hbond substituents is 2. The summed E-state index contributed by atoms with van der Waals surface area (Å²) in [7, 11) is 0. The highest BCUT2D eigenvalue weighted by Gasteiger charge is 2.56. The number of hydrogen-bond donors (Lipinski definition) is 4. The van der Waals surface area contributed by atoms with Crippen LogP contribution in [0.15, 0.2) is 41.4 Å². The average Bonchev–Trinajstić information content (AvgIpc) is 3.14. The van der Waals surface area contributed by atoms with Crippen molar-refractivity contribution in [1.29, 1.82) is 0 Å². The summed E-state index contributed by atoms with van der Waals surface area (Å²) in [5.41, 5.74) is -8.44. The second-order valence-electron chi connectivity index (χ2n) is 9.76.